The van der Waals surface area contributed by atoms with Gasteiger partial charge >= 0.3 is 21.7 Å². The Bertz CT molecular complexity index is 1770. The zero-order valence-corrected chi connectivity index (χ0v) is 35.2. The van der Waals surface area contributed by atoms with E-state index in [4.69, 9.17) is 11.5 Å². The summed E-state index contributed by atoms with van der Waals surface area (Å²) < 4.78 is 0. The predicted octanol–water partition coefficient (Wildman–Crippen LogP) is 13.9. The second kappa shape index (κ2) is 22.7. The maximum Gasteiger partial charge on any atom is 2.00 e. The van der Waals surface area contributed by atoms with Gasteiger partial charge in [0.05, 0.1) is 0 Å². The van der Waals surface area contributed by atoms with Crippen LogP contribution in [0.2, 0.25) is 0 Å². The van der Waals surface area contributed by atoms with E-state index in [0.29, 0.717) is 11.8 Å². The Morgan fingerprint density at radius 2 is 0.855 bits per heavy atom. The number of rotatable bonds is 11. The van der Waals surface area contributed by atoms with Crippen LogP contribution in [-0.2, 0) is 21.7 Å². The molecule has 0 saturated heterocycles. The van der Waals surface area contributed by atoms with Crippen molar-refractivity contribution in [3.05, 3.63) is 203 Å². The fourth-order valence-corrected chi connectivity index (χ4v) is 6.57. The molecule has 0 saturated carbocycles. The first kappa shape index (κ1) is 47.3. The summed E-state index contributed by atoms with van der Waals surface area (Å²) in [6, 6.07) is 42.7. The molecule has 4 aromatic rings. The monoisotopic (exact) mass is 780 g/mol. The minimum Gasteiger partial charge on any atom is -0.672 e. The Balaban J connectivity index is 0.000000328. The van der Waals surface area contributed by atoms with Crippen LogP contribution in [0.4, 0.5) is 0 Å². The van der Waals surface area contributed by atoms with Gasteiger partial charge in [0.15, 0.2) is 0 Å². The Kier molecular flexibility index (Phi) is 19.5. The Morgan fingerprint density at radius 3 is 1.09 bits per heavy atom. The number of benzene rings is 4. The summed E-state index contributed by atoms with van der Waals surface area (Å²) in [6.07, 6.45) is 14.3. The third-order valence-electron chi connectivity index (χ3n) is 10.5. The molecule has 0 bridgehead atoms. The Labute approximate surface area is 353 Å². The van der Waals surface area contributed by atoms with Crippen molar-refractivity contribution < 1.29 is 21.7 Å². The molecule has 0 heterocycles. The number of hydrogen-bond donors (Lipinski definition) is 0. The third kappa shape index (κ3) is 14.3. The second-order valence-corrected chi connectivity index (χ2v) is 15.6. The average Bonchev–Trinajstić information content (AvgIpc) is 3.78. The van der Waals surface area contributed by atoms with Crippen molar-refractivity contribution in [2.24, 2.45) is 11.8 Å². The van der Waals surface area contributed by atoms with E-state index < -0.39 is 11.1 Å². The normalized spacial score (nSPS) is 15.0. The molecular weight excluding hydrogens is 717 g/mol. The molecule has 0 aromatic heterocycles. The van der Waals surface area contributed by atoms with Crippen molar-refractivity contribution in [2.75, 3.05) is 0 Å². The number of nitrogens with one attached hydrogen (secondary N) is 2. The summed E-state index contributed by atoms with van der Waals surface area (Å²) in [5.41, 5.74) is 29.3. The van der Waals surface area contributed by atoms with Gasteiger partial charge in [0.25, 0.3) is 0 Å². The molecule has 0 amide bonds. The molecule has 2 N–H and O–H groups in total. The van der Waals surface area contributed by atoms with Gasteiger partial charge in [0, 0.05) is 0 Å². The molecule has 6 rings (SSSR count). The quantitative estimate of drug-likeness (QED) is 0.108. The fraction of sp³-hybridized carbons (Fsp3) is 0.294. The summed E-state index contributed by atoms with van der Waals surface area (Å²) in [4.78, 5) is 0. The van der Waals surface area contributed by atoms with Gasteiger partial charge in [-0.05, 0) is 88.1 Å². The second-order valence-electron chi connectivity index (χ2n) is 15.6. The third-order valence-corrected chi connectivity index (χ3v) is 10.5. The van der Waals surface area contributed by atoms with Crippen LogP contribution in [-0.4, -0.2) is 22.0 Å². The summed E-state index contributed by atoms with van der Waals surface area (Å²) in [6.45, 7) is 17.8. The van der Waals surface area contributed by atoms with Crippen LogP contribution in [0.1, 0.15) is 96.4 Å². The summed E-state index contributed by atoms with van der Waals surface area (Å²) >= 11 is 0. The molecular formula is C51H64N2SiTi. The molecule has 0 radical (unpaired) electrons. The summed E-state index contributed by atoms with van der Waals surface area (Å²) in [5.74, 6) is 0.687. The van der Waals surface area contributed by atoms with Crippen LogP contribution < -0.4 is 0 Å². The summed E-state index contributed by atoms with van der Waals surface area (Å²) in [7, 11) is 0. The predicted molar refractivity (Wildman–Crippen MR) is 246 cm³/mol. The van der Waals surface area contributed by atoms with Crippen LogP contribution in [0.5, 0.6) is 0 Å². The first-order valence-electron chi connectivity index (χ1n) is 19.1. The SMILES string of the molecule is C=CC=CC.CC(CC1=CC(c2ccccc2)=C(c2ccccc2)C1)C(C)(C)[NH-].CC(CC1=CC(c2ccccc2)=C(c2ccccc2)C1)C(C)(C)[NH-].[SiH4].[Ti+2]. The van der Waals surface area contributed by atoms with Gasteiger partial charge in [-0.15, -0.1) is 11.1 Å². The van der Waals surface area contributed by atoms with E-state index in [1.165, 1.54) is 55.7 Å². The van der Waals surface area contributed by atoms with Crippen molar-refractivity contribution in [1.82, 2.24) is 0 Å². The van der Waals surface area contributed by atoms with E-state index in [9.17, 15) is 0 Å². The molecule has 2 unspecified atom stereocenters. The molecule has 2 aliphatic carbocycles. The number of allylic oxidation sites excluding steroid dienone is 11. The number of hydrogen-bond acceptors (Lipinski definition) is 0. The van der Waals surface area contributed by atoms with E-state index in [0.717, 1.165) is 25.7 Å². The minimum absolute atomic E-state index is 0. The Hall–Kier alpha value is -3.83. The van der Waals surface area contributed by atoms with E-state index in [2.05, 4.69) is 154 Å². The maximum atomic E-state index is 8.29. The van der Waals surface area contributed by atoms with Crippen LogP contribution >= 0.6 is 0 Å². The van der Waals surface area contributed by atoms with Crippen LogP contribution in [0.3, 0.4) is 0 Å². The van der Waals surface area contributed by atoms with Crippen molar-refractivity contribution in [3.63, 3.8) is 0 Å². The largest absolute Gasteiger partial charge is 2.00 e. The van der Waals surface area contributed by atoms with Crippen LogP contribution in [0.15, 0.2) is 169 Å². The maximum absolute atomic E-state index is 8.29. The molecule has 2 atom stereocenters. The van der Waals surface area contributed by atoms with Crippen molar-refractivity contribution in [1.29, 1.82) is 0 Å². The fourth-order valence-electron chi connectivity index (χ4n) is 6.57. The van der Waals surface area contributed by atoms with Gasteiger partial charge in [-0.1, -0.05) is 223 Å². The average molecular weight is 781 g/mol. The molecule has 4 aromatic carbocycles. The smallest absolute Gasteiger partial charge is 0.672 e. The molecule has 0 spiro atoms. The standard InChI is InChI=1S/2C23H26N.C5H8.H4Si.Ti/c2*1-17(23(2,3)24)14-18-15-21(19-10-6-4-7-11-19)22(16-18)20-12-8-5-9-13-20;1-3-5-4-2;;/h2*4-13,15,17,24H,14,16H2,1-3H3;3-5H,1H2,2H3;1H4;/q2*-1;;;+2. The zero-order valence-electron chi connectivity index (χ0n) is 33.6. The van der Waals surface area contributed by atoms with Crippen molar-refractivity contribution in [2.45, 2.75) is 85.2 Å². The van der Waals surface area contributed by atoms with Gasteiger partial charge in [-0.3, -0.25) is 0 Å². The first-order chi connectivity index (χ1) is 25.3. The molecule has 0 aliphatic heterocycles. The zero-order chi connectivity index (χ0) is 38.4. The Morgan fingerprint density at radius 1 is 0.564 bits per heavy atom. The van der Waals surface area contributed by atoms with Crippen LogP contribution in [0.25, 0.3) is 33.8 Å². The topological polar surface area (TPSA) is 47.6 Å². The molecule has 55 heavy (non-hydrogen) atoms. The van der Waals surface area contributed by atoms with Gasteiger partial charge in [0.1, 0.15) is 0 Å². The van der Waals surface area contributed by atoms with Gasteiger partial charge in [-0.25, -0.2) is 0 Å². The van der Waals surface area contributed by atoms with Gasteiger partial charge in [-0.2, -0.15) is 0 Å². The molecule has 2 aliphatic rings. The molecule has 0 fully saturated rings. The van der Waals surface area contributed by atoms with E-state index in [-0.39, 0.29) is 32.7 Å². The first-order valence-corrected chi connectivity index (χ1v) is 19.1. The van der Waals surface area contributed by atoms with Gasteiger partial charge in [0.2, 0.25) is 0 Å². The minimum atomic E-state index is -0.400. The molecule has 2 nitrogen and oxygen atoms in total. The summed E-state index contributed by atoms with van der Waals surface area (Å²) in [5, 5.41) is 0. The van der Waals surface area contributed by atoms with E-state index >= 15 is 0 Å². The molecule has 4 heteroatoms. The van der Waals surface area contributed by atoms with E-state index in [1.54, 1.807) is 6.08 Å². The van der Waals surface area contributed by atoms with Crippen molar-refractivity contribution in [3.8, 4) is 0 Å². The van der Waals surface area contributed by atoms with E-state index in [1.807, 2.05) is 46.8 Å². The van der Waals surface area contributed by atoms with Crippen molar-refractivity contribution >= 4 is 33.3 Å². The van der Waals surface area contributed by atoms with Gasteiger partial charge < -0.3 is 11.5 Å². The van der Waals surface area contributed by atoms with Crippen LogP contribution in [0, 0.1) is 11.8 Å². The molecule has 286 valence electrons.